The summed E-state index contributed by atoms with van der Waals surface area (Å²) in [6.45, 7) is 3.90. The quantitative estimate of drug-likeness (QED) is 0.609. The minimum atomic E-state index is -0.664. The van der Waals surface area contributed by atoms with Crippen LogP contribution in [0, 0.1) is 15.9 Å². The molecule has 1 unspecified atom stereocenters. The molecule has 0 aliphatic heterocycles. The molecule has 0 aliphatic carbocycles. The third kappa shape index (κ3) is 3.56. The van der Waals surface area contributed by atoms with E-state index >= 15 is 0 Å². The number of nitrogens with zero attached hydrogens (tertiary/aromatic N) is 2. The Hall–Kier alpha value is -1.54. The highest BCUT2D eigenvalue weighted by Crippen LogP contribution is 2.33. The molecule has 1 aromatic carbocycles. The standard InChI is InChI=1S/C13H13BrFN3O2S/c1-3-8-6-16-13(21-8)7(2)17-11-4-9(14)10(15)5-12(11)18(19)20/h4-7,17H,3H2,1-2H3. The molecule has 5 nitrogen and oxygen atoms in total. The zero-order valence-electron chi connectivity index (χ0n) is 11.4. The first-order chi connectivity index (χ1) is 9.92. The minimum absolute atomic E-state index is 0.177. The predicted octanol–water partition coefficient (Wildman–Crippen LogP) is 4.69. The van der Waals surface area contributed by atoms with E-state index in [2.05, 4.69) is 26.2 Å². The van der Waals surface area contributed by atoms with Gasteiger partial charge in [0.15, 0.2) is 0 Å². The van der Waals surface area contributed by atoms with Gasteiger partial charge in [-0.2, -0.15) is 0 Å². The van der Waals surface area contributed by atoms with Crippen LogP contribution in [0.3, 0.4) is 0 Å². The summed E-state index contributed by atoms with van der Waals surface area (Å²) in [6, 6.07) is 2.07. The van der Waals surface area contributed by atoms with Crippen LogP contribution in [0.15, 0.2) is 22.8 Å². The second-order valence-electron chi connectivity index (χ2n) is 4.42. The Morgan fingerprint density at radius 3 is 2.86 bits per heavy atom. The maximum atomic E-state index is 13.4. The number of nitro benzene ring substituents is 1. The number of hydrogen-bond donors (Lipinski definition) is 1. The molecule has 1 aromatic heterocycles. The van der Waals surface area contributed by atoms with E-state index in [1.165, 1.54) is 6.07 Å². The molecule has 0 saturated heterocycles. The molecule has 112 valence electrons. The van der Waals surface area contributed by atoms with Gasteiger partial charge in [-0.3, -0.25) is 10.1 Å². The van der Waals surface area contributed by atoms with E-state index in [-0.39, 0.29) is 21.9 Å². The molecule has 0 aliphatic rings. The fourth-order valence-electron chi connectivity index (χ4n) is 1.78. The third-order valence-corrected chi connectivity index (χ3v) is 4.83. The first-order valence-electron chi connectivity index (χ1n) is 6.27. The molecule has 0 radical (unpaired) electrons. The minimum Gasteiger partial charge on any atom is -0.370 e. The number of anilines is 1. The lowest BCUT2D eigenvalue weighted by Gasteiger charge is -2.13. The summed E-state index contributed by atoms with van der Waals surface area (Å²) in [7, 11) is 0. The summed E-state index contributed by atoms with van der Waals surface area (Å²) in [6.07, 6.45) is 2.69. The van der Waals surface area contributed by atoms with Gasteiger partial charge in [-0.05, 0) is 35.3 Å². The van der Waals surface area contributed by atoms with Crippen molar-refractivity contribution in [3.8, 4) is 0 Å². The Kier molecular flexibility index (Phi) is 4.89. The number of benzene rings is 1. The SMILES string of the molecule is CCc1cnc(C(C)Nc2cc(Br)c(F)cc2[N+](=O)[O-])s1. The molecule has 2 aromatic rings. The van der Waals surface area contributed by atoms with Crippen molar-refractivity contribution >= 4 is 38.6 Å². The topological polar surface area (TPSA) is 68.1 Å². The molecule has 1 atom stereocenters. The Bertz CT molecular complexity index is 677. The lowest BCUT2D eigenvalue weighted by molar-refractivity contribution is -0.384. The number of nitro groups is 1. The van der Waals surface area contributed by atoms with E-state index in [1.54, 1.807) is 17.5 Å². The van der Waals surface area contributed by atoms with Crippen molar-refractivity contribution in [2.75, 3.05) is 5.32 Å². The monoisotopic (exact) mass is 373 g/mol. The zero-order chi connectivity index (χ0) is 15.6. The van der Waals surface area contributed by atoms with Crippen molar-refractivity contribution in [3.05, 3.63) is 48.6 Å². The largest absolute Gasteiger partial charge is 0.370 e. The van der Waals surface area contributed by atoms with Crippen LogP contribution in [0.25, 0.3) is 0 Å². The van der Waals surface area contributed by atoms with Crippen LogP contribution in [-0.4, -0.2) is 9.91 Å². The van der Waals surface area contributed by atoms with Crippen molar-refractivity contribution in [2.24, 2.45) is 0 Å². The van der Waals surface area contributed by atoms with Crippen LogP contribution in [0.5, 0.6) is 0 Å². The van der Waals surface area contributed by atoms with Crippen molar-refractivity contribution < 1.29 is 9.31 Å². The molecule has 0 bridgehead atoms. The Morgan fingerprint density at radius 1 is 1.57 bits per heavy atom. The van der Waals surface area contributed by atoms with E-state index in [1.807, 2.05) is 13.8 Å². The van der Waals surface area contributed by atoms with Gasteiger partial charge in [0.1, 0.15) is 16.5 Å². The molecule has 2 rings (SSSR count). The lowest BCUT2D eigenvalue weighted by Crippen LogP contribution is -2.08. The molecule has 1 heterocycles. The number of thiazole rings is 1. The van der Waals surface area contributed by atoms with Gasteiger partial charge in [0.2, 0.25) is 0 Å². The normalized spacial score (nSPS) is 12.2. The highest BCUT2D eigenvalue weighted by Gasteiger charge is 2.20. The maximum Gasteiger partial charge on any atom is 0.295 e. The Morgan fingerprint density at radius 2 is 2.29 bits per heavy atom. The van der Waals surface area contributed by atoms with Gasteiger partial charge in [-0.25, -0.2) is 9.37 Å². The van der Waals surface area contributed by atoms with E-state index in [0.29, 0.717) is 0 Å². The number of aryl methyl sites for hydroxylation is 1. The van der Waals surface area contributed by atoms with Crippen molar-refractivity contribution in [2.45, 2.75) is 26.3 Å². The van der Waals surface area contributed by atoms with Gasteiger partial charge in [0, 0.05) is 11.1 Å². The van der Waals surface area contributed by atoms with Crippen LogP contribution < -0.4 is 5.32 Å². The van der Waals surface area contributed by atoms with Crippen LogP contribution in [-0.2, 0) is 6.42 Å². The third-order valence-electron chi connectivity index (χ3n) is 2.90. The molecule has 1 N–H and O–H groups in total. The fourth-order valence-corrected chi connectivity index (χ4v) is 2.99. The summed E-state index contributed by atoms with van der Waals surface area (Å²) >= 11 is 4.59. The lowest BCUT2D eigenvalue weighted by atomic mass is 10.2. The van der Waals surface area contributed by atoms with Gasteiger partial charge in [0.05, 0.1) is 21.5 Å². The smallest absolute Gasteiger partial charge is 0.295 e. The number of rotatable bonds is 5. The van der Waals surface area contributed by atoms with Crippen LogP contribution >= 0.6 is 27.3 Å². The molecule has 0 amide bonds. The first-order valence-corrected chi connectivity index (χ1v) is 7.88. The summed E-state index contributed by atoms with van der Waals surface area (Å²) in [5, 5.41) is 14.9. The molecular weight excluding hydrogens is 361 g/mol. The highest BCUT2D eigenvalue weighted by atomic mass is 79.9. The van der Waals surface area contributed by atoms with Crippen molar-refractivity contribution in [1.29, 1.82) is 0 Å². The van der Waals surface area contributed by atoms with E-state index < -0.39 is 10.7 Å². The number of hydrogen-bond acceptors (Lipinski definition) is 5. The van der Waals surface area contributed by atoms with Gasteiger partial charge in [0.25, 0.3) is 5.69 Å². The van der Waals surface area contributed by atoms with Crippen LogP contribution in [0.4, 0.5) is 15.8 Å². The molecule has 0 fully saturated rings. The van der Waals surface area contributed by atoms with Gasteiger partial charge in [-0.15, -0.1) is 11.3 Å². The van der Waals surface area contributed by atoms with Crippen molar-refractivity contribution in [3.63, 3.8) is 0 Å². The number of halogens is 2. The Balaban J connectivity index is 2.29. The average Bonchev–Trinajstić information content (AvgIpc) is 2.91. The molecule has 8 heteroatoms. The second kappa shape index (κ2) is 6.48. The Labute approximate surface area is 133 Å². The predicted molar refractivity (Wildman–Crippen MR) is 84.3 cm³/mol. The average molecular weight is 374 g/mol. The maximum absolute atomic E-state index is 13.4. The van der Waals surface area contributed by atoms with Crippen LogP contribution in [0.2, 0.25) is 0 Å². The summed E-state index contributed by atoms with van der Waals surface area (Å²) in [5.41, 5.74) is -0.0381. The molecule has 21 heavy (non-hydrogen) atoms. The van der Waals surface area contributed by atoms with E-state index in [4.69, 9.17) is 0 Å². The zero-order valence-corrected chi connectivity index (χ0v) is 13.8. The molecular formula is C13H13BrFN3O2S. The summed E-state index contributed by atoms with van der Waals surface area (Å²) in [5.74, 6) is -0.664. The van der Waals surface area contributed by atoms with Gasteiger partial charge in [-0.1, -0.05) is 6.92 Å². The number of nitrogens with one attached hydrogen (secondary N) is 1. The van der Waals surface area contributed by atoms with E-state index in [9.17, 15) is 14.5 Å². The van der Waals surface area contributed by atoms with Gasteiger partial charge < -0.3 is 5.32 Å². The summed E-state index contributed by atoms with van der Waals surface area (Å²) < 4.78 is 13.6. The van der Waals surface area contributed by atoms with Crippen LogP contribution in [0.1, 0.15) is 29.8 Å². The van der Waals surface area contributed by atoms with E-state index in [0.717, 1.165) is 22.4 Å². The second-order valence-corrected chi connectivity index (χ2v) is 6.43. The summed E-state index contributed by atoms with van der Waals surface area (Å²) in [4.78, 5) is 15.9. The molecule has 0 spiro atoms. The van der Waals surface area contributed by atoms with Crippen molar-refractivity contribution in [1.82, 2.24) is 4.98 Å². The highest BCUT2D eigenvalue weighted by molar-refractivity contribution is 9.10. The fraction of sp³-hybridized carbons (Fsp3) is 0.308. The first kappa shape index (κ1) is 15.8. The van der Waals surface area contributed by atoms with Gasteiger partial charge >= 0.3 is 0 Å². The molecule has 0 saturated carbocycles. The number of aromatic nitrogens is 1.